The highest BCUT2D eigenvalue weighted by Gasteiger charge is 2.17. The molecule has 0 saturated carbocycles. The van der Waals surface area contributed by atoms with Crippen molar-refractivity contribution in [1.82, 2.24) is 19.9 Å². The zero-order chi connectivity index (χ0) is 19.6. The fourth-order valence-corrected chi connectivity index (χ4v) is 3.28. The molecule has 2 aromatic heterocycles. The lowest BCUT2D eigenvalue weighted by Gasteiger charge is -2.12. The Kier molecular flexibility index (Phi) is 4.18. The largest absolute Gasteiger partial charge is 0.382 e. The average Bonchev–Trinajstić information content (AvgIpc) is 2.80. The van der Waals surface area contributed by atoms with Gasteiger partial charge in [0.05, 0.1) is 11.4 Å². The number of nitrogen functional groups attached to an aromatic ring is 1. The van der Waals surface area contributed by atoms with Crippen molar-refractivity contribution in [2.75, 3.05) is 5.73 Å². The van der Waals surface area contributed by atoms with E-state index in [1.165, 1.54) is 0 Å². The van der Waals surface area contributed by atoms with Gasteiger partial charge in [0.25, 0.3) is 0 Å². The summed E-state index contributed by atoms with van der Waals surface area (Å²) in [6.07, 6.45) is 0. The molecule has 0 saturated heterocycles. The molecule has 2 N–H and O–H groups in total. The second-order valence-electron chi connectivity index (χ2n) is 6.62. The number of aromatic nitrogens is 4. The van der Waals surface area contributed by atoms with Gasteiger partial charge in [0.1, 0.15) is 0 Å². The summed E-state index contributed by atoms with van der Waals surface area (Å²) >= 11 is 0. The molecule has 0 aliphatic carbocycles. The van der Waals surface area contributed by atoms with Crippen LogP contribution in [0.4, 0.5) is 5.82 Å². The summed E-state index contributed by atoms with van der Waals surface area (Å²) in [7, 11) is 0. The number of nitrogens with two attached hydrogens (primary N) is 1. The maximum Gasteiger partial charge on any atom is 0.184 e. The summed E-state index contributed by atoms with van der Waals surface area (Å²) < 4.78 is 0. The minimum atomic E-state index is 0.318. The Morgan fingerprint density at radius 1 is 0.483 bits per heavy atom. The van der Waals surface area contributed by atoms with E-state index in [1.807, 2.05) is 91.0 Å². The molecule has 0 radical (unpaired) electrons. The molecule has 5 rings (SSSR count). The van der Waals surface area contributed by atoms with Crippen LogP contribution in [0.2, 0.25) is 0 Å². The van der Waals surface area contributed by atoms with Crippen molar-refractivity contribution in [3.05, 3.63) is 91.0 Å². The summed E-state index contributed by atoms with van der Waals surface area (Å²) in [5.41, 5.74) is 11.6. The summed E-state index contributed by atoms with van der Waals surface area (Å²) in [6, 6.07) is 29.7. The Morgan fingerprint density at radius 2 is 0.966 bits per heavy atom. The first-order chi connectivity index (χ1) is 14.3. The van der Waals surface area contributed by atoms with Gasteiger partial charge < -0.3 is 5.73 Å². The van der Waals surface area contributed by atoms with E-state index in [0.29, 0.717) is 22.8 Å². The van der Waals surface area contributed by atoms with Crippen molar-refractivity contribution in [1.29, 1.82) is 0 Å². The SMILES string of the molecule is Nc1nc(-c2ccccc2)nc2nc(-c3ccccc3)c(-c3ccccc3)nc12. The minimum absolute atomic E-state index is 0.318. The van der Waals surface area contributed by atoms with Crippen molar-refractivity contribution in [2.24, 2.45) is 0 Å². The first-order valence-corrected chi connectivity index (χ1v) is 9.31. The van der Waals surface area contributed by atoms with Crippen LogP contribution in [0.3, 0.4) is 0 Å². The molecule has 5 heteroatoms. The molecule has 0 aliphatic rings. The molecule has 3 aromatic carbocycles. The summed E-state index contributed by atoms with van der Waals surface area (Å²) in [5, 5.41) is 0. The Bertz CT molecular complexity index is 1290. The van der Waals surface area contributed by atoms with Gasteiger partial charge >= 0.3 is 0 Å². The number of hydrogen-bond donors (Lipinski definition) is 1. The van der Waals surface area contributed by atoms with Gasteiger partial charge in [-0.2, -0.15) is 0 Å². The van der Waals surface area contributed by atoms with Crippen molar-refractivity contribution < 1.29 is 0 Å². The third-order valence-corrected chi connectivity index (χ3v) is 4.68. The molecule has 29 heavy (non-hydrogen) atoms. The van der Waals surface area contributed by atoms with Crippen molar-refractivity contribution in [3.63, 3.8) is 0 Å². The third kappa shape index (κ3) is 3.19. The average molecular weight is 375 g/mol. The predicted molar refractivity (Wildman–Crippen MR) is 116 cm³/mol. The number of anilines is 1. The molecule has 138 valence electrons. The zero-order valence-corrected chi connectivity index (χ0v) is 15.5. The molecule has 0 atom stereocenters. The fraction of sp³-hybridized carbons (Fsp3) is 0. The van der Waals surface area contributed by atoms with E-state index in [4.69, 9.17) is 15.7 Å². The van der Waals surface area contributed by atoms with E-state index in [0.717, 1.165) is 28.1 Å². The fourth-order valence-electron chi connectivity index (χ4n) is 3.28. The van der Waals surface area contributed by atoms with Gasteiger partial charge in [0, 0.05) is 16.7 Å². The van der Waals surface area contributed by atoms with E-state index in [9.17, 15) is 0 Å². The van der Waals surface area contributed by atoms with Crippen LogP contribution in [0, 0.1) is 0 Å². The highest BCUT2D eigenvalue weighted by Crippen LogP contribution is 2.32. The molecule has 0 amide bonds. The van der Waals surface area contributed by atoms with Gasteiger partial charge in [0.2, 0.25) is 0 Å². The number of nitrogens with zero attached hydrogens (tertiary/aromatic N) is 4. The van der Waals surface area contributed by atoms with Gasteiger partial charge in [-0.15, -0.1) is 0 Å². The van der Waals surface area contributed by atoms with Gasteiger partial charge in [-0.1, -0.05) is 91.0 Å². The lowest BCUT2D eigenvalue weighted by Crippen LogP contribution is -2.03. The van der Waals surface area contributed by atoms with Gasteiger partial charge in [-0.25, -0.2) is 19.9 Å². The van der Waals surface area contributed by atoms with Crippen LogP contribution in [0.5, 0.6) is 0 Å². The Hall–Kier alpha value is -4.12. The smallest absolute Gasteiger partial charge is 0.184 e. The summed E-state index contributed by atoms with van der Waals surface area (Å²) in [5.74, 6) is 0.856. The quantitative estimate of drug-likeness (QED) is 0.480. The molecule has 0 unspecified atom stereocenters. The Balaban J connectivity index is 1.80. The van der Waals surface area contributed by atoms with E-state index >= 15 is 0 Å². The predicted octanol–water partition coefficient (Wildman–Crippen LogP) is 5.00. The van der Waals surface area contributed by atoms with E-state index in [-0.39, 0.29) is 0 Å². The Morgan fingerprint density at radius 3 is 1.52 bits per heavy atom. The Labute approximate surface area is 168 Å². The summed E-state index contributed by atoms with van der Waals surface area (Å²) in [6.45, 7) is 0. The first-order valence-electron chi connectivity index (χ1n) is 9.31. The molecular formula is C24H17N5. The normalized spacial score (nSPS) is 10.9. The molecular weight excluding hydrogens is 358 g/mol. The molecule has 5 nitrogen and oxygen atoms in total. The van der Waals surface area contributed by atoms with Gasteiger partial charge in [-0.3, -0.25) is 0 Å². The molecule has 0 bridgehead atoms. The minimum Gasteiger partial charge on any atom is -0.382 e. The van der Waals surface area contributed by atoms with E-state index in [1.54, 1.807) is 0 Å². The maximum atomic E-state index is 6.28. The van der Waals surface area contributed by atoms with Crippen LogP contribution in [0.25, 0.3) is 45.1 Å². The lowest BCUT2D eigenvalue weighted by atomic mass is 10.0. The monoisotopic (exact) mass is 375 g/mol. The highest BCUT2D eigenvalue weighted by molar-refractivity contribution is 5.89. The standard InChI is InChI=1S/C24H17N5/c25-22-21-24(29-23(28-22)18-14-8-3-9-15-18)27-20(17-12-6-2-7-13-17)19(26-21)16-10-4-1-5-11-16/h1-15H,(H2,25,27,28,29). The van der Waals surface area contributed by atoms with Crippen molar-refractivity contribution in [3.8, 4) is 33.9 Å². The van der Waals surface area contributed by atoms with E-state index in [2.05, 4.69) is 9.97 Å². The van der Waals surface area contributed by atoms with Crippen LogP contribution in [0.1, 0.15) is 0 Å². The van der Waals surface area contributed by atoms with Gasteiger partial charge in [-0.05, 0) is 0 Å². The van der Waals surface area contributed by atoms with Crippen LogP contribution in [-0.4, -0.2) is 19.9 Å². The van der Waals surface area contributed by atoms with Crippen LogP contribution >= 0.6 is 0 Å². The number of hydrogen-bond acceptors (Lipinski definition) is 5. The molecule has 0 aliphatic heterocycles. The second-order valence-corrected chi connectivity index (χ2v) is 6.62. The topological polar surface area (TPSA) is 77.6 Å². The number of rotatable bonds is 3. The van der Waals surface area contributed by atoms with Crippen LogP contribution < -0.4 is 5.73 Å². The van der Waals surface area contributed by atoms with Crippen LogP contribution in [-0.2, 0) is 0 Å². The molecule has 0 fully saturated rings. The summed E-state index contributed by atoms with van der Waals surface area (Å²) in [4.78, 5) is 18.9. The molecule has 2 heterocycles. The van der Waals surface area contributed by atoms with E-state index < -0.39 is 0 Å². The maximum absolute atomic E-state index is 6.28. The first kappa shape index (κ1) is 17.0. The number of fused-ring (bicyclic) bond motifs is 1. The molecule has 0 spiro atoms. The lowest BCUT2D eigenvalue weighted by molar-refractivity contribution is 1.16. The number of benzene rings is 3. The van der Waals surface area contributed by atoms with Crippen molar-refractivity contribution >= 4 is 17.0 Å². The van der Waals surface area contributed by atoms with Gasteiger partial charge in [0.15, 0.2) is 22.8 Å². The van der Waals surface area contributed by atoms with Crippen molar-refractivity contribution in [2.45, 2.75) is 0 Å². The zero-order valence-electron chi connectivity index (χ0n) is 15.5. The second kappa shape index (κ2) is 7.13. The van der Waals surface area contributed by atoms with Crippen LogP contribution in [0.15, 0.2) is 91.0 Å². The molecule has 5 aromatic rings. The third-order valence-electron chi connectivity index (χ3n) is 4.68. The highest BCUT2D eigenvalue weighted by atomic mass is 15.0.